The number of pyridine rings is 2. The highest BCUT2D eigenvalue weighted by atomic mass is 16.2. The van der Waals surface area contributed by atoms with E-state index in [0.717, 1.165) is 11.9 Å². The fraction of sp³-hybridized carbons (Fsp3) is 0.200. The number of fused-ring (bicyclic) bond motifs is 1. The summed E-state index contributed by atoms with van der Waals surface area (Å²) in [6.45, 7) is 1.26. The first-order chi connectivity index (χ1) is 13.0. The predicted octanol–water partition coefficient (Wildman–Crippen LogP) is 2.17. The number of carbonyl (C=O) groups is 2. The third-order valence-electron chi connectivity index (χ3n) is 3.98. The molecule has 7 heteroatoms. The molecular formula is C20H21N5O2. The Hall–Kier alpha value is -3.32. The summed E-state index contributed by atoms with van der Waals surface area (Å²) >= 11 is 0. The Kier molecular flexibility index (Phi) is 5.73. The number of carbonyl (C=O) groups excluding carboxylic acids is 2. The molecule has 2 heterocycles. The lowest BCUT2D eigenvalue weighted by Gasteiger charge is -2.11. The van der Waals surface area contributed by atoms with Crippen molar-refractivity contribution in [3.8, 4) is 0 Å². The normalized spacial score (nSPS) is 10.8. The lowest BCUT2D eigenvalue weighted by molar-refractivity contribution is 0.0951. The third-order valence-corrected chi connectivity index (χ3v) is 3.98. The van der Waals surface area contributed by atoms with Gasteiger partial charge in [0, 0.05) is 36.4 Å². The molecule has 0 radical (unpaired) electrons. The second-order valence-electron chi connectivity index (χ2n) is 6.32. The molecule has 2 aromatic heterocycles. The molecule has 3 rings (SSSR count). The average Bonchev–Trinajstić information content (AvgIpc) is 2.68. The molecule has 0 aliphatic rings. The molecule has 2 amide bonds. The molecule has 3 aromatic rings. The maximum atomic E-state index is 12.6. The maximum Gasteiger partial charge on any atom is 0.274 e. The fourth-order valence-corrected chi connectivity index (χ4v) is 2.58. The molecule has 7 nitrogen and oxygen atoms in total. The lowest BCUT2D eigenvalue weighted by atomic mass is 10.1. The summed E-state index contributed by atoms with van der Waals surface area (Å²) in [5, 5.41) is 6.57. The van der Waals surface area contributed by atoms with Crippen molar-refractivity contribution in [2.45, 2.75) is 0 Å². The highest BCUT2D eigenvalue weighted by Crippen LogP contribution is 2.21. The molecule has 2 N–H and O–H groups in total. The predicted molar refractivity (Wildman–Crippen MR) is 105 cm³/mol. The Balaban J connectivity index is 1.74. The van der Waals surface area contributed by atoms with E-state index >= 15 is 0 Å². The van der Waals surface area contributed by atoms with Gasteiger partial charge in [-0.3, -0.25) is 19.6 Å². The van der Waals surface area contributed by atoms with Crippen molar-refractivity contribution in [1.29, 1.82) is 0 Å². The summed E-state index contributed by atoms with van der Waals surface area (Å²) in [5.41, 5.74) is 1.86. The van der Waals surface area contributed by atoms with Crippen molar-refractivity contribution in [3.63, 3.8) is 0 Å². The first-order valence-corrected chi connectivity index (χ1v) is 8.58. The quantitative estimate of drug-likeness (QED) is 0.701. The van der Waals surface area contributed by atoms with Gasteiger partial charge in [-0.15, -0.1) is 0 Å². The van der Waals surface area contributed by atoms with E-state index in [2.05, 4.69) is 20.6 Å². The van der Waals surface area contributed by atoms with Crippen molar-refractivity contribution in [2.24, 2.45) is 0 Å². The molecule has 0 aliphatic carbocycles. The zero-order valence-corrected chi connectivity index (χ0v) is 15.3. The van der Waals surface area contributed by atoms with Crippen LogP contribution in [0.15, 0.2) is 54.9 Å². The van der Waals surface area contributed by atoms with Crippen LogP contribution in [0.25, 0.3) is 10.9 Å². The van der Waals surface area contributed by atoms with Crippen molar-refractivity contribution >= 4 is 28.4 Å². The zero-order valence-electron chi connectivity index (χ0n) is 15.3. The van der Waals surface area contributed by atoms with E-state index in [9.17, 15) is 9.59 Å². The first-order valence-electron chi connectivity index (χ1n) is 8.58. The van der Waals surface area contributed by atoms with E-state index in [1.807, 2.05) is 43.3 Å². The molecule has 0 aliphatic heterocycles. The van der Waals surface area contributed by atoms with Crippen molar-refractivity contribution in [2.75, 3.05) is 32.5 Å². The Bertz CT molecular complexity index is 966. The van der Waals surface area contributed by atoms with Gasteiger partial charge in [0.15, 0.2) is 0 Å². The summed E-state index contributed by atoms with van der Waals surface area (Å²) in [6.07, 6.45) is 3.13. The molecule has 0 saturated heterocycles. The summed E-state index contributed by atoms with van der Waals surface area (Å²) in [5.74, 6) is -0.628. The molecule has 0 saturated carbocycles. The van der Waals surface area contributed by atoms with E-state index in [4.69, 9.17) is 0 Å². The molecule has 138 valence electrons. The van der Waals surface area contributed by atoms with E-state index in [1.54, 1.807) is 18.3 Å². The number of aromatic nitrogens is 2. The Morgan fingerprint density at radius 1 is 1.00 bits per heavy atom. The van der Waals surface area contributed by atoms with Gasteiger partial charge in [-0.05, 0) is 38.4 Å². The van der Waals surface area contributed by atoms with Crippen LogP contribution in [0.5, 0.6) is 0 Å². The number of amides is 2. The second kappa shape index (κ2) is 8.37. The van der Waals surface area contributed by atoms with Crippen LogP contribution in [0.4, 0.5) is 5.69 Å². The number of hydrogen-bond donors (Lipinski definition) is 2. The van der Waals surface area contributed by atoms with E-state index in [0.29, 0.717) is 23.3 Å². The van der Waals surface area contributed by atoms with Crippen molar-refractivity contribution < 1.29 is 9.59 Å². The minimum atomic E-state index is -0.393. The molecule has 0 fully saturated rings. The van der Waals surface area contributed by atoms with Crippen molar-refractivity contribution in [1.82, 2.24) is 20.2 Å². The second-order valence-corrected chi connectivity index (χ2v) is 6.32. The molecule has 0 atom stereocenters. The Morgan fingerprint density at radius 3 is 2.63 bits per heavy atom. The third kappa shape index (κ3) is 4.65. The van der Waals surface area contributed by atoms with Crippen molar-refractivity contribution in [3.05, 3.63) is 66.1 Å². The minimum absolute atomic E-state index is 0.170. The summed E-state index contributed by atoms with van der Waals surface area (Å²) in [6, 6.07) is 12.4. The van der Waals surface area contributed by atoms with Crippen LogP contribution in [-0.2, 0) is 0 Å². The molecular weight excluding hydrogens is 342 g/mol. The lowest BCUT2D eigenvalue weighted by Crippen LogP contribution is -2.31. The van der Waals surface area contributed by atoms with Gasteiger partial charge in [0.05, 0.1) is 11.2 Å². The van der Waals surface area contributed by atoms with Gasteiger partial charge < -0.3 is 15.5 Å². The minimum Gasteiger partial charge on any atom is -0.351 e. The Morgan fingerprint density at radius 2 is 1.81 bits per heavy atom. The van der Waals surface area contributed by atoms with Crippen LogP contribution in [0.2, 0.25) is 0 Å². The Labute approximate surface area is 157 Å². The van der Waals surface area contributed by atoms with Gasteiger partial charge in [0.1, 0.15) is 5.69 Å². The van der Waals surface area contributed by atoms with Gasteiger partial charge >= 0.3 is 0 Å². The molecule has 27 heavy (non-hydrogen) atoms. The fourth-order valence-electron chi connectivity index (χ4n) is 2.58. The molecule has 0 spiro atoms. The summed E-state index contributed by atoms with van der Waals surface area (Å²) < 4.78 is 0. The van der Waals surface area contributed by atoms with Gasteiger partial charge in [-0.1, -0.05) is 18.2 Å². The summed E-state index contributed by atoms with van der Waals surface area (Å²) in [7, 11) is 3.87. The standard InChI is InChI=1S/C20H21N5O2/c1-25(2)12-11-23-19(26)15-8-10-21-17(13-15)20(27)24-16-7-3-5-14-6-4-9-22-18(14)16/h3-10,13H,11-12H2,1-2H3,(H,23,26)(H,24,27). The maximum absolute atomic E-state index is 12.6. The smallest absolute Gasteiger partial charge is 0.274 e. The van der Waals surface area contributed by atoms with Gasteiger partial charge in [0.2, 0.25) is 0 Å². The number of anilines is 1. The highest BCUT2D eigenvalue weighted by molar-refractivity contribution is 6.08. The first kappa shape index (κ1) is 18.5. The number of para-hydroxylation sites is 1. The number of benzene rings is 1. The van der Waals surface area contributed by atoms with Crippen LogP contribution in [0, 0.1) is 0 Å². The van der Waals surface area contributed by atoms with E-state index < -0.39 is 5.91 Å². The van der Waals surface area contributed by atoms with Crippen LogP contribution >= 0.6 is 0 Å². The molecule has 1 aromatic carbocycles. The monoisotopic (exact) mass is 363 g/mol. The number of rotatable bonds is 6. The van der Waals surface area contributed by atoms with E-state index in [1.165, 1.54) is 12.3 Å². The SMILES string of the molecule is CN(C)CCNC(=O)c1ccnc(C(=O)Nc2cccc3cccnc23)c1. The van der Waals surface area contributed by atoms with Crippen LogP contribution in [0.1, 0.15) is 20.8 Å². The van der Waals surface area contributed by atoms with Crippen LogP contribution in [0.3, 0.4) is 0 Å². The van der Waals surface area contributed by atoms with E-state index in [-0.39, 0.29) is 11.6 Å². The molecule has 0 bridgehead atoms. The highest BCUT2D eigenvalue weighted by Gasteiger charge is 2.13. The van der Waals surface area contributed by atoms with Crippen LogP contribution in [-0.4, -0.2) is 53.9 Å². The average molecular weight is 363 g/mol. The van der Waals surface area contributed by atoms with Gasteiger partial charge in [-0.2, -0.15) is 0 Å². The topological polar surface area (TPSA) is 87.2 Å². The largest absolute Gasteiger partial charge is 0.351 e. The number of nitrogens with zero attached hydrogens (tertiary/aromatic N) is 3. The zero-order chi connectivity index (χ0) is 19.2. The number of hydrogen-bond acceptors (Lipinski definition) is 5. The molecule has 0 unspecified atom stereocenters. The summed E-state index contributed by atoms with van der Waals surface area (Å²) in [4.78, 5) is 35.2. The van der Waals surface area contributed by atoms with Gasteiger partial charge in [0.25, 0.3) is 11.8 Å². The number of nitrogens with one attached hydrogen (secondary N) is 2. The number of likely N-dealkylation sites (N-methyl/N-ethyl adjacent to an activating group) is 1. The van der Waals surface area contributed by atoms with Gasteiger partial charge in [-0.25, -0.2) is 0 Å². The van der Waals surface area contributed by atoms with Crippen LogP contribution < -0.4 is 10.6 Å².